The van der Waals surface area contributed by atoms with Crippen LogP contribution in [0.5, 0.6) is 0 Å². The number of aliphatic carboxylic acids is 2. The van der Waals surface area contributed by atoms with Gasteiger partial charge in [-0.3, -0.25) is 19.2 Å². The Morgan fingerprint density at radius 3 is 1.91 bits per heavy atom. The zero-order valence-corrected chi connectivity index (χ0v) is 20.7. The van der Waals surface area contributed by atoms with E-state index in [1.807, 2.05) is 13.2 Å². The summed E-state index contributed by atoms with van der Waals surface area (Å²) in [5.74, 6) is -4.44. The molecule has 0 rings (SSSR count). The number of thioether (sulfide) groups is 1. The Hall–Kier alpha value is -2.34. The molecule has 0 aromatic heterocycles. The predicted molar refractivity (Wildman–Crippen MR) is 126 cm³/mol. The van der Waals surface area contributed by atoms with Crippen LogP contribution in [0.15, 0.2) is 0 Å². The van der Waals surface area contributed by atoms with Gasteiger partial charge < -0.3 is 31.9 Å². The zero-order chi connectivity index (χ0) is 25.7. The highest BCUT2D eigenvalue weighted by atomic mass is 32.2. The molecule has 11 nitrogen and oxygen atoms in total. The van der Waals surface area contributed by atoms with Crippen molar-refractivity contribution < 1.29 is 34.2 Å². The standard InChI is InChI=1S/C21H38N4O7S/c1-6-12(4)17(20(30)24-16(11(2)3)21(31)32)25-19(29)14(7-8-15(26)27)23-18(28)13(22)9-10-33-5/h11-14,16-17H,6-10,22H2,1-5H3,(H,23,28)(H,24,30)(H,25,29)(H,26,27)(H,31,32). The minimum absolute atomic E-state index is 0.194. The van der Waals surface area contributed by atoms with E-state index >= 15 is 0 Å². The van der Waals surface area contributed by atoms with Crippen molar-refractivity contribution >= 4 is 41.4 Å². The molecule has 0 fully saturated rings. The van der Waals surface area contributed by atoms with E-state index in [0.29, 0.717) is 18.6 Å². The second-order valence-corrected chi connectivity index (χ2v) is 9.31. The van der Waals surface area contributed by atoms with Crippen molar-refractivity contribution in [2.45, 2.75) is 77.5 Å². The van der Waals surface area contributed by atoms with Gasteiger partial charge in [0.05, 0.1) is 6.04 Å². The molecule has 0 aliphatic carbocycles. The largest absolute Gasteiger partial charge is 0.481 e. The second-order valence-electron chi connectivity index (χ2n) is 8.32. The molecule has 5 atom stereocenters. The highest BCUT2D eigenvalue weighted by Gasteiger charge is 2.33. The van der Waals surface area contributed by atoms with E-state index in [-0.39, 0.29) is 24.7 Å². The summed E-state index contributed by atoms with van der Waals surface area (Å²) in [7, 11) is 0. The Balaban J connectivity index is 5.56. The minimum atomic E-state index is -1.21. The molecular weight excluding hydrogens is 452 g/mol. The first-order chi connectivity index (χ1) is 15.3. The molecule has 33 heavy (non-hydrogen) atoms. The maximum atomic E-state index is 13.0. The molecule has 0 spiro atoms. The number of amides is 3. The summed E-state index contributed by atoms with van der Waals surface area (Å²) in [6.07, 6.45) is 2.17. The third-order valence-electron chi connectivity index (χ3n) is 5.27. The van der Waals surface area contributed by atoms with Gasteiger partial charge in [0.25, 0.3) is 0 Å². The molecule has 190 valence electrons. The minimum Gasteiger partial charge on any atom is -0.481 e. The second kappa shape index (κ2) is 15.5. The zero-order valence-electron chi connectivity index (χ0n) is 19.9. The summed E-state index contributed by atoms with van der Waals surface area (Å²) < 4.78 is 0. The van der Waals surface area contributed by atoms with Gasteiger partial charge in [-0.1, -0.05) is 34.1 Å². The van der Waals surface area contributed by atoms with Crippen LogP contribution in [0.4, 0.5) is 0 Å². The summed E-state index contributed by atoms with van der Waals surface area (Å²) in [5.41, 5.74) is 5.85. The van der Waals surface area contributed by atoms with E-state index in [2.05, 4.69) is 16.0 Å². The van der Waals surface area contributed by atoms with Crippen LogP contribution in [0.2, 0.25) is 0 Å². The van der Waals surface area contributed by atoms with Crippen LogP contribution in [0, 0.1) is 11.8 Å². The summed E-state index contributed by atoms with van der Waals surface area (Å²) in [5, 5.41) is 25.9. The van der Waals surface area contributed by atoms with Crippen LogP contribution in [0.3, 0.4) is 0 Å². The van der Waals surface area contributed by atoms with Gasteiger partial charge in [0.15, 0.2) is 0 Å². The average Bonchev–Trinajstić information content (AvgIpc) is 2.74. The molecule has 0 aromatic carbocycles. The van der Waals surface area contributed by atoms with Crippen LogP contribution < -0.4 is 21.7 Å². The summed E-state index contributed by atoms with van der Waals surface area (Å²) in [4.78, 5) is 60.7. The number of hydrogen-bond donors (Lipinski definition) is 6. The topological polar surface area (TPSA) is 188 Å². The Morgan fingerprint density at radius 2 is 1.45 bits per heavy atom. The molecular formula is C21H38N4O7S. The fourth-order valence-electron chi connectivity index (χ4n) is 2.90. The number of carboxylic acid groups (broad SMARTS) is 2. The lowest BCUT2D eigenvalue weighted by atomic mass is 9.96. The molecule has 0 saturated heterocycles. The molecule has 0 aromatic rings. The molecule has 0 bridgehead atoms. The van der Waals surface area contributed by atoms with E-state index in [1.165, 1.54) is 11.8 Å². The number of nitrogens with one attached hydrogen (secondary N) is 3. The van der Waals surface area contributed by atoms with Crippen molar-refractivity contribution in [2.24, 2.45) is 17.6 Å². The first-order valence-corrected chi connectivity index (χ1v) is 12.3. The summed E-state index contributed by atoms with van der Waals surface area (Å²) in [6.45, 7) is 6.82. The monoisotopic (exact) mass is 490 g/mol. The fourth-order valence-corrected chi connectivity index (χ4v) is 3.39. The summed E-state index contributed by atoms with van der Waals surface area (Å²) in [6, 6.07) is -4.29. The number of carboxylic acids is 2. The lowest BCUT2D eigenvalue weighted by Gasteiger charge is -2.28. The lowest BCUT2D eigenvalue weighted by Crippen LogP contribution is -2.59. The fraction of sp³-hybridized carbons (Fsp3) is 0.762. The Labute approximate surface area is 199 Å². The molecule has 3 amide bonds. The van der Waals surface area contributed by atoms with Crippen LogP contribution in [-0.4, -0.2) is 76.0 Å². The Morgan fingerprint density at radius 1 is 0.879 bits per heavy atom. The van der Waals surface area contributed by atoms with Crippen LogP contribution >= 0.6 is 11.8 Å². The van der Waals surface area contributed by atoms with Crippen molar-refractivity contribution in [3.05, 3.63) is 0 Å². The molecule has 0 aliphatic rings. The third kappa shape index (κ3) is 11.4. The maximum Gasteiger partial charge on any atom is 0.326 e. The molecule has 0 heterocycles. The van der Waals surface area contributed by atoms with Gasteiger partial charge in [-0.15, -0.1) is 0 Å². The van der Waals surface area contributed by atoms with E-state index in [9.17, 15) is 29.1 Å². The molecule has 5 unspecified atom stereocenters. The lowest BCUT2D eigenvalue weighted by molar-refractivity contribution is -0.144. The van der Waals surface area contributed by atoms with Crippen molar-refractivity contribution in [1.82, 2.24) is 16.0 Å². The van der Waals surface area contributed by atoms with Gasteiger partial charge in [0.1, 0.15) is 18.1 Å². The van der Waals surface area contributed by atoms with Crippen molar-refractivity contribution in [3.63, 3.8) is 0 Å². The maximum absolute atomic E-state index is 13.0. The highest BCUT2D eigenvalue weighted by Crippen LogP contribution is 2.11. The molecule has 0 aliphatic heterocycles. The van der Waals surface area contributed by atoms with Gasteiger partial charge in [0.2, 0.25) is 17.7 Å². The predicted octanol–water partition coefficient (Wildman–Crippen LogP) is 0.173. The van der Waals surface area contributed by atoms with Crippen molar-refractivity contribution in [2.75, 3.05) is 12.0 Å². The van der Waals surface area contributed by atoms with E-state index in [1.54, 1.807) is 20.8 Å². The van der Waals surface area contributed by atoms with Crippen LogP contribution in [-0.2, 0) is 24.0 Å². The van der Waals surface area contributed by atoms with E-state index in [4.69, 9.17) is 10.8 Å². The van der Waals surface area contributed by atoms with Crippen LogP contribution in [0.25, 0.3) is 0 Å². The molecule has 0 saturated carbocycles. The van der Waals surface area contributed by atoms with Crippen molar-refractivity contribution in [3.8, 4) is 0 Å². The Bertz CT molecular complexity index is 690. The first kappa shape index (κ1) is 30.7. The number of carbonyl (C=O) groups excluding carboxylic acids is 3. The van der Waals surface area contributed by atoms with E-state index < -0.39 is 53.8 Å². The van der Waals surface area contributed by atoms with Crippen LogP contribution in [0.1, 0.15) is 53.4 Å². The van der Waals surface area contributed by atoms with Crippen molar-refractivity contribution in [1.29, 1.82) is 0 Å². The molecule has 7 N–H and O–H groups in total. The smallest absolute Gasteiger partial charge is 0.326 e. The number of nitrogens with two attached hydrogens (primary N) is 1. The Kier molecular flexibility index (Phi) is 14.4. The normalized spacial score (nSPS) is 15.6. The average molecular weight is 491 g/mol. The molecule has 0 radical (unpaired) electrons. The van der Waals surface area contributed by atoms with Gasteiger partial charge >= 0.3 is 11.9 Å². The first-order valence-electron chi connectivity index (χ1n) is 11.0. The quantitative estimate of drug-likeness (QED) is 0.175. The molecule has 12 heteroatoms. The van der Waals surface area contributed by atoms with Gasteiger partial charge in [-0.25, -0.2) is 4.79 Å². The number of hydrogen-bond acceptors (Lipinski definition) is 7. The van der Waals surface area contributed by atoms with Gasteiger partial charge in [-0.05, 0) is 36.7 Å². The van der Waals surface area contributed by atoms with E-state index in [0.717, 1.165) is 0 Å². The number of rotatable bonds is 16. The van der Waals surface area contributed by atoms with Gasteiger partial charge in [-0.2, -0.15) is 11.8 Å². The van der Waals surface area contributed by atoms with Gasteiger partial charge in [0, 0.05) is 6.42 Å². The summed E-state index contributed by atoms with van der Waals surface area (Å²) >= 11 is 1.51. The highest BCUT2D eigenvalue weighted by molar-refractivity contribution is 7.98. The SMILES string of the molecule is CCC(C)C(NC(=O)C(CCC(=O)O)NC(=O)C(N)CCSC)C(=O)NC(C(=O)O)C(C)C. The third-order valence-corrected chi connectivity index (χ3v) is 5.92. The number of carbonyl (C=O) groups is 5.